The van der Waals surface area contributed by atoms with Gasteiger partial charge in [0.15, 0.2) is 5.82 Å². The van der Waals surface area contributed by atoms with Crippen LogP contribution in [0.4, 0.5) is 0 Å². The molecule has 2 aromatic carbocycles. The van der Waals surface area contributed by atoms with Crippen LogP contribution in [0.5, 0.6) is 0 Å². The molecule has 0 saturated carbocycles. The highest BCUT2D eigenvalue weighted by atomic mass is 16.1. The van der Waals surface area contributed by atoms with Crippen molar-refractivity contribution in [3.63, 3.8) is 0 Å². The Balaban J connectivity index is 1.70. The summed E-state index contributed by atoms with van der Waals surface area (Å²) >= 11 is 0. The first-order chi connectivity index (χ1) is 15.9. The summed E-state index contributed by atoms with van der Waals surface area (Å²) in [5, 5.41) is 13.9. The van der Waals surface area contributed by atoms with Crippen LogP contribution in [0, 0.1) is 6.92 Å². The van der Waals surface area contributed by atoms with Crippen molar-refractivity contribution in [2.75, 3.05) is 6.54 Å². The number of fused-ring (bicyclic) bond motifs is 2. The van der Waals surface area contributed by atoms with Crippen molar-refractivity contribution >= 4 is 10.9 Å². The molecule has 0 bridgehead atoms. The van der Waals surface area contributed by atoms with E-state index in [1.807, 2.05) is 35.9 Å². The summed E-state index contributed by atoms with van der Waals surface area (Å²) in [4.78, 5) is 19.0. The summed E-state index contributed by atoms with van der Waals surface area (Å²) < 4.78 is 1.90. The lowest BCUT2D eigenvalue weighted by Crippen LogP contribution is -2.40. The van der Waals surface area contributed by atoms with Gasteiger partial charge >= 0.3 is 0 Å². The number of hydrogen-bond acceptors (Lipinski definition) is 5. The Hall–Kier alpha value is -3.32. The van der Waals surface area contributed by atoms with Crippen molar-refractivity contribution in [3.8, 4) is 0 Å². The van der Waals surface area contributed by atoms with E-state index in [1.54, 1.807) is 0 Å². The molecule has 2 aromatic heterocycles. The summed E-state index contributed by atoms with van der Waals surface area (Å²) in [5.74, 6) is 0.707. The number of rotatable bonds is 5. The number of para-hydroxylation sites is 1. The minimum atomic E-state index is -0.354. The van der Waals surface area contributed by atoms with E-state index in [9.17, 15) is 4.79 Å². The first kappa shape index (κ1) is 21.5. The number of aromatic nitrogens is 5. The summed E-state index contributed by atoms with van der Waals surface area (Å²) in [6.07, 6.45) is 1.80. The molecule has 0 saturated heterocycles. The normalized spacial score (nSPS) is 15.5. The van der Waals surface area contributed by atoms with Crippen LogP contribution >= 0.6 is 0 Å². The standard InChI is InChI=1S/C26H30N6O/c1-5-26(3,4)32-24(28-29-30-32)23(31-14-13-18-10-6-7-11-20(18)16-31)21-15-19-12-8-9-17(2)22(19)27-25(21)33/h6-12,15,23H,5,13-14,16H2,1-4H3,(H,27,33). The van der Waals surface area contributed by atoms with Crippen LogP contribution in [0.15, 0.2) is 53.3 Å². The second kappa shape index (κ2) is 8.23. The molecule has 0 fully saturated rings. The number of benzene rings is 2. The van der Waals surface area contributed by atoms with Crippen molar-refractivity contribution in [1.29, 1.82) is 0 Å². The van der Waals surface area contributed by atoms with Gasteiger partial charge in [0.05, 0.1) is 11.1 Å². The lowest BCUT2D eigenvalue weighted by molar-refractivity contribution is 0.181. The van der Waals surface area contributed by atoms with E-state index in [2.05, 4.69) is 70.4 Å². The second-order valence-corrected chi connectivity index (χ2v) is 9.60. The number of hydrogen-bond donors (Lipinski definition) is 1. The SMILES string of the molecule is CCC(C)(C)n1nnnc1C(c1cc2cccc(C)c2[nH]c1=O)N1CCc2ccccc2C1. The molecular weight excluding hydrogens is 412 g/mol. The van der Waals surface area contributed by atoms with Crippen molar-refractivity contribution in [3.05, 3.63) is 87.0 Å². The molecule has 1 N–H and O–H groups in total. The highest BCUT2D eigenvalue weighted by molar-refractivity contribution is 5.82. The molecule has 33 heavy (non-hydrogen) atoms. The predicted octanol–water partition coefficient (Wildman–Crippen LogP) is 4.12. The fourth-order valence-corrected chi connectivity index (χ4v) is 4.79. The number of aryl methyl sites for hydroxylation is 1. The lowest BCUT2D eigenvalue weighted by Gasteiger charge is -2.36. The maximum Gasteiger partial charge on any atom is 0.253 e. The van der Waals surface area contributed by atoms with Crippen LogP contribution in [0.1, 0.15) is 61.3 Å². The molecule has 0 radical (unpaired) electrons. The smallest absolute Gasteiger partial charge is 0.253 e. The molecule has 7 heteroatoms. The zero-order valence-corrected chi connectivity index (χ0v) is 19.7. The Morgan fingerprint density at radius 1 is 1.12 bits per heavy atom. The van der Waals surface area contributed by atoms with Crippen molar-refractivity contribution in [2.45, 2.75) is 58.7 Å². The molecule has 0 spiro atoms. The highest BCUT2D eigenvalue weighted by Crippen LogP contribution is 2.34. The fourth-order valence-electron chi connectivity index (χ4n) is 4.79. The van der Waals surface area contributed by atoms with E-state index in [4.69, 9.17) is 0 Å². The van der Waals surface area contributed by atoms with Crippen LogP contribution < -0.4 is 5.56 Å². The topological polar surface area (TPSA) is 79.7 Å². The van der Waals surface area contributed by atoms with Crippen LogP contribution in [0.2, 0.25) is 0 Å². The minimum Gasteiger partial charge on any atom is -0.321 e. The first-order valence-electron chi connectivity index (χ1n) is 11.6. The van der Waals surface area contributed by atoms with Crippen molar-refractivity contribution < 1.29 is 0 Å². The third-order valence-corrected chi connectivity index (χ3v) is 7.11. The Kier molecular flexibility index (Phi) is 5.37. The van der Waals surface area contributed by atoms with E-state index < -0.39 is 0 Å². The number of H-pyrrole nitrogens is 1. The number of nitrogens with zero attached hydrogens (tertiary/aromatic N) is 5. The Bertz CT molecular complexity index is 1370. The second-order valence-electron chi connectivity index (χ2n) is 9.60. The summed E-state index contributed by atoms with van der Waals surface area (Å²) in [7, 11) is 0. The Labute approximate surface area is 193 Å². The summed E-state index contributed by atoms with van der Waals surface area (Å²) in [6.45, 7) is 9.97. The number of nitrogens with one attached hydrogen (secondary N) is 1. The van der Waals surface area contributed by atoms with Crippen LogP contribution in [0.3, 0.4) is 0 Å². The zero-order chi connectivity index (χ0) is 23.2. The molecule has 1 aliphatic heterocycles. The van der Waals surface area contributed by atoms with Gasteiger partial charge in [-0.3, -0.25) is 9.69 Å². The molecule has 0 amide bonds. The summed E-state index contributed by atoms with van der Waals surface area (Å²) in [6, 6.07) is 16.3. The average molecular weight is 443 g/mol. The third-order valence-electron chi connectivity index (χ3n) is 7.11. The van der Waals surface area contributed by atoms with Gasteiger partial charge in [-0.2, -0.15) is 0 Å². The molecule has 0 aliphatic carbocycles. The monoisotopic (exact) mass is 442 g/mol. The predicted molar refractivity (Wildman–Crippen MR) is 129 cm³/mol. The van der Waals surface area contributed by atoms with Gasteiger partial charge in [-0.1, -0.05) is 49.4 Å². The quantitative estimate of drug-likeness (QED) is 0.503. The average Bonchev–Trinajstić information content (AvgIpc) is 3.31. The molecule has 1 unspecified atom stereocenters. The largest absolute Gasteiger partial charge is 0.321 e. The van der Waals surface area contributed by atoms with E-state index in [0.717, 1.165) is 42.4 Å². The first-order valence-corrected chi connectivity index (χ1v) is 11.6. The van der Waals surface area contributed by atoms with E-state index >= 15 is 0 Å². The van der Waals surface area contributed by atoms with Gasteiger partial charge in [0, 0.05) is 18.7 Å². The van der Waals surface area contributed by atoms with Gasteiger partial charge in [-0.15, -0.1) is 5.10 Å². The highest BCUT2D eigenvalue weighted by Gasteiger charge is 2.35. The molecule has 7 nitrogen and oxygen atoms in total. The van der Waals surface area contributed by atoms with Gasteiger partial charge in [0.2, 0.25) is 0 Å². The summed E-state index contributed by atoms with van der Waals surface area (Å²) in [5.41, 5.74) is 4.89. The van der Waals surface area contributed by atoms with Crippen LogP contribution in [0.25, 0.3) is 10.9 Å². The molecule has 1 aliphatic rings. The minimum absolute atomic E-state index is 0.0930. The molecule has 1 atom stereocenters. The van der Waals surface area contributed by atoms with Crippen molar-refractivity contribution in [2.24, 2.45) is 0 Å². The van der Waals surface area contributed by atoms with E-state index in [-0.39, 0.29) is 17.1 Å². The molecule has 170 valence electrons. The van der Waals surface area contributed by atoms with Crippen molar-refractivity contribution in [1.82, 2.24) is 30.1 Å². The lowest BCUT2D eigenvalue weighted by atomic mass is 9.95. The molecular formula is C26H30N6O. The molecule has 4 aromatic rings. The fraction of sp³-hybridized carbons (Fsp3) is 0.385. The van der Waals surface area contributed by atoms with E-state index in [0.29, 0.717) is 11.4 Å². The Morgan fingerprint density at radius 2 is 1.91 bits per heavy atom. The van der Waals surface area contributed by atoms with Gasteiger partial charge in [-0.25, -0.2) is 4.68 Å². The zero-order valence-electron chi connectivity index (χ0n) is 19.7. The maximum absolute atomic E-state index is 13.5. The van der Waals surface area contributed by atoms with Gasteiger partial charge < -0.3 is 4.98 Å². The molecule has 3 heterocycles. The van der Waals surface area contributed by atoms with E-state index in [1.165, 1.54) is 11.1 Å². The third kappa shape index (κ3) is 3.76. The van der Waals surface area contributed by atoms with Gasteiger partial charge in [-0.05, 0) is 72.2 Å². The molecule has 5 rings (SSSR count). The Morgan fingerprint density at radius 3 is 2.70 bits per heavy atom. The van der Waals surface area contributed by atoms with Gasteiger partial charge in [0.1, 0.15) is 6.04 Å². The van der Waals surface area contributed by atoms with Gasteiger partial charge in [0.25, 0.3) is 5.56 Å². The number of pyridine rings is 1. The number of tetrazole rings is 1. The maximum atomic E-state index is 13.5. The van der Waals surface area contributed by atoms with Crippen LogP contribution in [-0.4, -0.2) is 36.6 Å². The van der Waals surface area contributed by atoms with Crippen LogP contribution in [-0.2, 0) is 18.5 Å². The number of aromatic amines is 1.